The molecule has 0 saturated heterocycles. The van der Waals surface area contributed by atoms with E-state index in [1.807, 2.05) is 66.0 Å². The Bertz CT molecular complexity index is 1040. The fourth-order valence-electron chi connectivity index (χ4n) is 3.77. The van der Waals surface area contributed by atoms with Crippen LogP contribution < -0.4 is 9.47 Å². The van der Waals surface area contributed by atoms with E-state index < -0.39 is 0 Å². The van der Waals surface area contributed by atoms with Gasteiger partial charge >= 0.3 is 0 Å². The number of amides is 1. The quantitative estimate of drug-likeness (QED) is 0.630. The van der Waals surface area contributed by atoms with Crippen LogP contribution in [0.25, 0.3) is 0 Å². The van der Waals surface area contributed by atoms with Crippen LogP contribution in [0.1, 0.15) is 28.2 Å². The maximum absolute atomic E-state index is 12.9. The zero-order valence-electron chi connectivity index (χ0n) is 17.6. The highest BCUT2D eigenvalue weighted by molar-refractivity contribution is 5.79. The lowest BCUT2D eigenvalue weighted by molar-refractivity contribution is -0.131. The van der Waals surface area contributed by atoms with E-state index in [4.69, 9.17) is 9.47 Å². The van der Waals surface area contributed by atoms with Crippen molar-refractivity contribution in [2.75, 3.05) is 13.7 Å². The molecule has 1 amide bonds. The Hall–Kier alpha value is -3.35. The van der Waals surface area contributed by atoms with Crippen LogP contribution in [0.2, 0.25) is 0 Å². The van der Waals surface area contributed by atoms with Crippen LogP contribution in [0.4, 0.5) is 0 Å². The molecule has 3 heterocycles. The second kappa shape index (κ2) is 8.57. The molecule has 3 aromatic rings. The fraction of sp³-hybridized carbons (Fsp3) is 0.348. The van der Waals surface area contributed by atoms with E-state index in [1.54, 1.807) is 7.11 Å². The van der Waals surface area contributed by atoms with Gasteiger partial charge in [-0.3, -0.25) is 9.48 Å². The molecule has 7 heteroatoms. The first-order chi connectivity index (χ1) is 14.5. The van der Waals surface area contributed by atoms with Gasteiger partial charge in [-0.25, -0.2) is 4.98 Å². The molecule has 4 rings (SSSR count). The van der Waals surface area contributed by atoms with Crippen LogP contribution in [0.3, 0.4) is 0 Å². The standard InChI is InChI=1S/C23H26N4O3/c1-16-5-4-6-22(24-16)30-15-20-19-14-27(12-11-21(19)26(2)25-20)23(28)13-17-7-9-18(29-3)10-8-17/h4-10H,11-15H2,1-3H3. The van der Waals surface area contributed by atoms with Crippen molar-refractivity contribution < 1.29 is 14.3 Å². The number of aromatic nitrogens is 3. The predicted molar refractivity (Wildman–Crippen MR) is 112 cm³/mol. The molecule has 1 aliphatic rings. The van der Waals surface area contributed by atoms with Gasteiger partial charge in [0.25, 0.3) is 0 Å². The van der Waals surface area contributed by atoms with E-state index in [1.165, 1.54) is 5.69 Å². The lowest BCUT2D eigenvalue weighted by atomic mass is 10.0. The molecule has 30 heavy (non-hydrogen) atoms. The summed E-state index contributed by atoms with van der Waals surface area (Å²) in [5.74, 6) is 1.48. The Morgan fingerprint density at radius 2 is 1.97 bits per heavy atom. The van der Waals surface area contributed by atoms with Crippen LogP contribution in [-0.4, -0.2) is 39.2 Å². The molecule has 2 aromatic heterocycles. The Morgan fingerprint density at radius 1 is 1.17 bits per heavy atom. The van der Waals surface area contributed by atoms with Gasteiger partial charge in [0, 0.05) is 49.6 Å². The first-order valence-electron chi connectivity index (χ1n) is 10.0. The minimum absolute atomic E-state index is 0.113. The van der Waals surface area contributed by atoms with Crippen molar-refractivity contribution in [2.45, 2.75) is 32.9 Å². The average Bonchev–Trinajstić information content (AvgIpc) is 3.08. The Balaban J connectivity index is 1.44. The van der Waals surface area contributed by atoms with Gasteiger partial charge in [0.15, 0.2) is 0 Å². The highest BCUT2D eigenvalue weighted by Gasteiger charge is 2.27. The normalized spacial score (nSPS) is 13.1. The van der Waals surface area contributed by atoms with Gasteiger partial charge in [0.1, 0.15) is 18.1 Å². The number of aryl methyl sites for hydroxylation is 2. The lowest BCUT2D eigenvalue weighted by Crippen LogP contribution is -2.37. The van der Waals surface area contributed by atoms with Crippen molar-refractivity contribution in [3.8, 4) is 11.6 Å². The number of ether oxygens (including phenoxy) is 2. The highest BCUT2D eigenvalue weighted by Crippen LogP contribution is 2.24. The van der Waals surface area contributed by atoms with E-state index in [2.05, 4.69) is 10.1 Å². The largest absolute Gasteiger partial charge is 0.497 e. The van der Waals surface area contributed by atoms with Crippen molar-refractivity contribution in [2.24, 2.45) is 7.05 Å². The minimum Gasteiger partial charge on any atom is -0.497 e. The van der Waals surface area contributed by atoms with Crippen LogP contribution in [0, 0.1) is 6.92 Å². The molecule has 0 N–H and O–H groups in total. The molecule has 1 aliphatic heterocycles. The van der Waals surface area contributed by atoms with Gasteiger partial charge in [-0.15, -0.1) is 0 Å². The molecule has 0 aliphatic carbocycles. The Kier molecular flexibility index (Phi) is 5.70. The van der Waals surface area contributed by atoms with E-state index in [9.17, 15) is 4.79 Å². The maximum Gasteiger partial charge on any atom is 0.227 e. The van der Waals surface area contributed by atoms with Crippen LogP contribution in [-0.2, 0) is 37.8 Å². The summed E-state index contributed by atoms with van der Waals surface area (Å²) in [4.78, 5) is 19.2. The molecule has 0 radical (unpaired) electrons. The minimum atomic E-state index is 0.113. The highest BCUT2D eigenvalue weighted by atomic mass is 16.5. The maximum atomic E-state index is 12.9. The number of carbonyl (C=O) groups excluding carboxylic acids is 1. The number of rotatable bonds is 6. The van der Waals surface area contributed by atoms with Crippen LogP contribution >= 0.6 is 0 Å². The SMILES string of the molecule is COc1ccc(CC(=O)N2CCc3c(c(COc4cccc(C)n4)nn3C)C2)cc1. The summed E-state index contributed by atoms with van der Waals surface area (Å²) in [6, 6.07) is 13.3. The summed E-state index contributed by atoms with van der Waals surface area (Å²) in [7, 11) is 3.58. The van der Waals surface area contributed by atoms with Crippen molar-refractivity contribution >= 4 is 5.91 Å². The third-order valence-electron chi connectivity index (χ3n) is 5.41. The first kappa shape index (κ1) is 19.9. The number of nitrogens with zero attached hydrogens (tertiary/aromatic N) is 4. The summed E-state index contributed by atoms with van der Waals surface area (Å²) >= 11 is 0. The van der Waals surface area contributed by atoms with Crippen LogP contribution in [0.15, 0.2) is 42.5 Å². The summed E-state index contributed by atoms with van der Waals surface area (Å²) in [6.45, 7) is 3.52. The third kappa shape index (κ3) is 4.30. The van der Waals surface area contributed by atoms with E-state index in [-0.39, 0.29) is 5.91 Å². The van der Waals surface area contributed by atoms with Gasteiger partial charge in [-0.1, -0.05) is 18.2 Å². The molecule has 156 valence electrons. The molecular weight excluding hydrogens is 380 g/mol. The first-order valence-corrected chi connectivity index (χ1v) is 10.0. The third-order valence-corrected chi connectivity index (χ3v) is 5.41. The Labute approximate surface area is 176 Å². The zero-order chi connectivity index (χ0) is 21.1. The van der Waals surface area contributed by atoms with Crippen molar-refractivity contribution in [3.05, 3.63) is 70.7 Å². The Morgan fingerprint density at radius 3 is 2.70 bits per heavy atom. The number of benzene rings is 1. The number of hydrogen-bond acceptors (Lipinski definition) is 5. The molecule has 0 atom stereocenters. The summed E-state index contributed by atoms with van der Waals surface area (Å²) in [5, 5.41) is 4.64. The van der Waals surface area contributed by atoms with Crippen LogP contribution in [0.5, 0.6) is 11.6 Å². The molecule has 7 nitrogen and oxygen atoms in total. The second-order valence-electron chi connectivity index (χ2n) is 7.49. The average molecular weight is 406 g/mol. The van der Waals surface area contributed by atoms with Gasteiger partial charge in [0.2, 0.25) is 11.8 Å². The lowest BCUT2D eigenvalue weighted by Gasteiger charge is -2.28. The summed E-state index contributed by atoms with van der Waals surface area (Å²) in [5.41, 5.74) is 4.99. The van der Waals surface area contributed by atoms with E-state index in [0.29, 0.717) is 32.0 Å². The number of methoxy groups -OCH3 is 1. The topological polar surface area (TPSA) is 69.5 Å². The second-order valence-corrected chi connectivity index (χ2v) is 7.49. The number of hydrogen-bond donors (Lipinski definition) is 0. The zero-order valence-corrected chi connectivity index (χ0v) is 17.6. The molecule has 0 fully saturated rings. The predicted octanol–water partition coefficient (Wildman–Crippen LogP) is 2.84. The molecule has 0 saturated carbocycles. The number of fused-ring (bicyclic) bond motifs is 1. The summed E-state index contributed by atoms with van der Waals surface area (Å²) in [6.07, 6.45) is 1.16. The van der Waals surface area contributed by atoms with Crippen molar-refractivity contribution in [1.29, 1.82) is 0 Å². The molecule has 0 spiro atoms. The molecule has 1 aromatic carbocycles. The summed E-state index contributed by atoms with van der Waals surface area (Å²) < 4.78 is 13.0. The number of pyridine rings is 1. The molecular formula is C23H26N4O3. The molecule has 0 bridgehead atoms. The van der Waals surface area contributed by atoms with E-state index >= 15 is 0 Å². The molecule has 0 unspecified atom stereocenters. The van der Waals surface area contributed by atoms with Crippen molar-refractivity contribution in [1.82, 2.24) is 19.7 Å². The number of carbonyl (C=O) groups is 1. The van der Waals surface area contributed by atoms with E-state index in [0.717, 1.165) is 34.7 Å². The fourth-order valence-corrected chi connectivity index (χ4v) is 3.77. The van der Waals surface area contributed by atoms with Crippen molar-refractivity contribution in [3.63, 3.8) is 0 Å². The van der Waals surface area contributed by atoms with Gasteiger partial charge < -0.3 is 14.4 Å². The van der Waals surface area contributed by atoms with Gasteiger partial charge in [-0.05, 0) is 30.7 Å². The monoisotopic (exact) mass is 406 g/mol. The van der Waals surface area contributed by atoms with Gasteiger partial charge in [0.05, 0.1) is 13.5 Å². The van der Waals surface area contributed by atoms with Gasteiger partial charge in [-0.2, -0.15) is 5.10 Å². The smallest absolute Gasteiger partial charge is 0.227 e.